The predicted octanol–water partition coefficient (Wildman–Crippen LogP) is 4.66. The van der Waals surface area contributed by atoms with E-state index in [2.05, 4.69) is 42.4 Å². The molecule has 6 heteroatoms. The Morgan fingerprint density at radius 2 is 1.90 bits per heavy atom. The molecule has 108 valence electrons. The lowest BCUT2D eigenvalue weighted by Crippen LogP contribution is -1.97. The molecule has 0 atom stereocenters. The monoisotopic (exact) mass is 410 g/mol. The molecule has 0 saturated carbocycles. The zero-order chi connectivity index (χ0) is 15.4. The third-order valence-corrected chi connectivity index (χ3v) is 4.47. The Kier molecular flexibility index (Phi) is 5.14. The number of hydrogen-bond acceptors (Lipinski definition) is 3. The Labute approximate surface area is 139 Å². The van der Waals surface area contributed by atoms with E-state index < -0.39 is 5.97 Å². The van der Waals surface area contributed by atoms with E-state index in [0.29, 0.717) is 5.69 Å². The Bertz CT molecular complexity index is 692. The lowest BCUT2D eigenvalue weighted by Gasteiger charge is -2.04. The quantitative estimate of drug-likeness (QED) is 0.567. The lowest BCUT2D eigenvalue weighted by molar-refractivity contribution is 0.0697. The van der Waals surface area contributed by atoms with Crippen LogP contribution >= 0.6 is 31.9 Å². The molecular weight excluding hydrogens is 400 g/mol. The van der Waals surface area contributed by atoms with Gasteiger partial charge in [0.2, 0.25) is 0 Å². The van der Waals surface area contributed by atoms with Crippen LogP contribution in [0.5, 0.6) is 0 Å². The van der Waals surface area contributed by atoms with Crippen molar-refractivity contribution < 1.29 is 9.90 Å². The summed E-state index contributed by atoms with van der Waals surface area (Å²) in [6, 6.07) is 10.4. The summed E-state index contributed by atoms with van der Waals surface area (Å²) in [6.07, 6.45) is 1.67. The number of rotatable bonds is 4. The Morgan fingerprint density at radius 3 is 2.52 bits per heavy atom. The van der Waals surface area contributed by atoms with Gasteiger partial charge in [-0.2, -0.15) is 5.10 Å². The second-order valence-corrected chi connectivity index (χ2v) is 6.07. The smallest absolute Gasteiger partial charge is 0.335 e. The van der Waals surface area contributed by atoms with Gasteiger partial charge < -0.3 is 5.11 Å². The van der Waals surface area contributed by atoms with Crippen LogP contribution in [-0.4, -0.2) is 17.3 Å². The van der Waals surface area contributed by atoms with E-state index in [4.69, 9.17) is 5.11 Å². The van der Waals surface area contributed by atoms with Gasteiger partial charge in [-0.3, -0.25) is 5.43 Å². The summed E-state index contributed by atoms with van der Waals surface area (Å²) in [4.78, 5) is 10.9. The Morgan fingerprint density at radius 1 is 1.24 bits per heavy atom. The van der Waals surface area contributed by atoms with Crippen LogP contribution in [0.2, 0.25) is 0 Å². The molecule has 0 aliphatic heterocycles. The molecule has 4 nitrogen and oxygen atoms in total. The van der Waals surface area contributed by atoms with Gasteiger partial charge >= 0.3 is 5.97 Å². The molecule has 0 spiro atoms. The van der Waals surface area contributed by atoms with Crippen molar-refractivity contribution in [1.82, 2.24) is 0 Å². The number of benzene rings is 2. The SMILES string of the molecule is Cc1c(Br)cc(/C=N\Nc2cccc(C(=O)O)c2)cc1Br. The number of carboxylic acid groups (broad SMARTS) is 1. The van der Waals surface area contributed by atoms with Crippen LogP contribution in [0, 0.1) is 6.92 Å². The first-order chi connectivity index (χ1) is 9.97. The number of hydrogen-bond donors (Lipinski definition) is 2. The van der Waals surface area contributed by atoms with Crippen LogP contribution in [0.4, 0.5) is 5.69 Å². The maximum Gasteiger partial charge on any atom is 0.335 e. The van der Waals surface area contributed by atoms with Crippen molar-refractivity contribution in [3.8, 4) is 0 Å². The molecule has 2 aromatic carbocycles. The minimum atomic E-state index is -0.964. The third-order valence-electron chi connectivity index (χ3n) is 2.82. The molecule has 0 amide bonds. The molecule has 2 rings (SSSR count). The number of anilines is 1. The summed E-state index contributed by atoms with van der Waals surface area (Å²) in [6.45, 7) is 2.00. The van der Waals surface area contributed by atoms with Crippen LogP contribution in [0.1, 0.15) is 21.5 Å². The number of halogens is 2. The summed E-state index contributed by atoms with van der Waals surface area (Å²) in [5, 5.41) is 13.0. The fraction of sp³-hybridized carbons (Fsp3) is 0.0667. The minimum absolute atomic E-state index is 0.219. The fourth-order valence-corrected chi connectivity index (χ4v) is 2.86. The minimum Gasteiger partial charge on any atom is -0.478 e. The molecular formula is C15H12Br2N2O2. The maximum atomic E-state index is 10.9. The number of nitrogens with zero attached hydrogens (tertiary/aromatic N) is 1. The fourth-order valence-electron chi connectivity index (χ4n) is 1.64. The highest BCUT2D eigenvalue weighted by Crippen LogP contribution is 2.25. The highest BCUT2D eigenvalue weighted by atomic mass is 79.9. The number of carbonyl (C=O) groups is 1. The zero-order valence-corrected chi connectivity index (χ0v) is 14.3. The van der Waals surface area contributed by atoms with Gasteiger partial charge in [0.15, 0.2) is 0 Å². The van der Waals surface area contributed by atoms with Gasteiger partial charge in [-0.25, -0.2) is 4.79 Å². The van der Waals surface area contributed by atoms with Crippen molar-refractivity contribution >= 4 is 49.7 Å². The van der Waals surface area contributed by atoms with Crippen molar-refractivity contribution in [3.05, 3.63) is 62.0 Å². The van der Waals surface area contributed by atoms with Crippen LogP contribution < -0.4 is 5.43 Å². The topological polar surface area (TPSA) is 61.7 Å². The van der Waals surface area contributed by atoms with Crippen LogP contribution in [0.3, 0.4) is 0 Å². The summed E-state index contributed by atoms with van der Waals surface area (Å²) >= 11 is 6.96. The predicted molar refractivity (Wildman–Crippen MR) is 91.2 cm³/mol. The Hall–Kier alpha value is -1.66. The van der Waals surface area contributed by atoms with E-state index in [1.807, 2.05) is 19.1 Å². The molecule has 2 aromatic rings. The van der Waals surface area contributed by atoms with Crippen molar-refractivity contribution in [3.63, 3.8) is 0 Å². The lowest BCUT2D eigenvalue weighted by atomic mass is 10.2. The van der Waals surface area contributed by atoms with E-state index in [1.165, 1.54) is 12.1 Å². The van der Waals surface area contributed by atoms with Gasteiger partial charge in [0, 0.05) is 8.95 Å². The summed E-state index contributed by atoms with van der Waals surface area (Å²) < 4.78 is 1.98. The molecule has 0 aliphatic rings. The molecule has 0 radical (unpaired) electrons. The van der Waals surface area contributed by atoms with E-state index in [-0.39, 0.29) is 5.56 Å². The second-order valence-electron chi connectivity index (χ2n) is 4.37. The molecule has 2 N–H and O–H groups in total. The van der Waals surface area contributed by atoms with Gasteiger partial charge in [0.1, 0.15) is 0 Å². The molecule has 0 heterocycles. The van der Waals surface area contributed by atoms with Crippen molar-refractivity contribution in [2.24, 2.45) is 5.10 Å². The normalized spacial score (nSPS) is 10.8. The molecule has 0 fully saturated rings. The van der Waals surface area contributed by atoms with Gasteiger partial charge in [0.05, 0.1) is 17.5 Å². The van der Waals surface area contributed by atoms with E-state index >= 15 is 0 Å². The largest absolute Gasteiger partial charge is 0.478 e. The average molecular weight is 412 g/mol. The van der Waals surface area contributed by atoms with Crippen LogP contribution in [0.15, 0.2) is 50.4 Å². The Balaban J connectivity index is 2.12. The second kappa shape index (κ2) is 6.87. The van der Waals surface area contributed by atoms with Gasteiger partial charge in [-0.05, 0) is 48.4 Å². The molecule has 0 saturated heterocycles. The average Bonchev–Trinajstić information content (AvgIpc) is 2.45. The van der Waals surface area contributed by atoms with Crippen molar-refractivity contribution in [1.29, 1.82) is 0 Å². The van der Waals surface area contributed by atoms with E-state index in [1.54, 1.807) is 18.3 Å². The number of nitrogens with one attached hydrogen (secondary N) is 1. The first-order valence-corrected chi connectivity index (χ1v) is 7.64. The van der Waals surface area contributed by atoms with Crippen LogP contribution in [0.25, 0.3) is 0 Å². The maximum absolute atomic E-state index is 10.9. The summed E-state index contributed by atoms with van der Waals surface area (Å²) in [5.41, 5.74) is 5.70. The summed E-state index contributed by atoms with van der Waals surface area (Å²) in [5.74, 6) is -0.964. The molecule has 0 unspecified atom stereocenters. The molecule has 21 heavy (non-hydrogen) atoms. The standard InChI is InChI=1S/C15H12Br2N2O2/c1-9-13(16)5-10(6-14(9)17)8-18-19-12-4-2-3-11(7-12)15(20)21/h2-8,19H,1H3,(H,20,21)/b18-8-. The third kappa shape index (κ3) is 4.15. The number of hydrazone groups is 1. The van der Waals surface area contributed by atoms with Gasteiger partial charge in [0.25, 0.3) is 0 Å². The molecule has 0 aromatic heterocycles. The first-order valence-electron chi connectivity index (χ1n) is 6.05. The molecule has 0 aliphatic carbocycles. The zero-order valence-electron chi connectivity index (χ0n) is 11.1. The molecule has 0 bridgehead atoms. The van der Waals surface area contributed by atoms with Crippen molar-refractivity contribution in [2.45, 2.75) is 6.92 Å². The summed E-state index contributed by atoms with van der Waals surface area (Å²) in [7, 11) is 0. The van der Waals surface area contributed by atoms with Crippen molar-refractivity contribution in [2.75, 3.05) is 5.43 Å². The van der Waals surface area contributed by atoms with Crippen LogP contribution in [-0.2, 0) is 0 Å². The van der Waals surface area contributed by atoms with Gasteiger partial charge in [-0.1, -0.05) is 37.9 Å². The highest BCUT2D eigenvalue weighted by Gasteiger charge is 2.03. The highest BCUT2D eigenvalue weighted by molar-refractivity contribution is 9.11. The van der Waals surface area contributed by atoms with E-state index in [9.17, 15) is 4.79 Å². The number of aromatic carboxylic acids is 1. The van der Waals surface area contributed by atoms with E-state index in [0.717, 1.165) is 20.1 Å². The first kappa shape index (κ1) is 15.7. The van der Waals surface area contributed by atoms with Gasteiger partial charge in [-0.15, -0.1) is 0 Å². The number of carboxylic acids is 1.